The van der Waals surface area contributed by atoms with Crippen molar-refractivity contribution in [1.82, 2.24) is 15.1 Å². The van der Waals surface area contributed by atoms with Gasteiger partial charge >= 0.3 is 0 Å². The quantitative estimate of drug-likeness (QED) is 0.899. The molecule has 1 aromatic heterocycles. The van der Waals surface area contributed by atoms with E-state index in [1.807, 2.05) is 17.9 Å². The number of hydrogen-bond donors (Lipinski definition) is 1. The van der Waals surface area contributed by atoms with Crippen LogP contribution in [0.25, 0.3) is 0 Å². The molecule has 0 spiro atoms. The molecule has 0 saturated heterocycles. The van der Waals surface area contributed by atoms with Crippen molar-refractivity contribution in [2.75, 3.05) is 13.7 Å². The van der Waals surface area contributed by atoms with Crippen LogP contribution in [-0.2, 0) is 7.05 Å². The lowest BCUT2D eigenvalue weighted by Gasteiger charge is -2.35. The molecule has 1 N–H and O–H groups in total. The van der Waals surface area contributed by atoms with Crippen LogP contribution in [0.4, 0.5) is 0 Å². The molecule has 112 valence electrons. The van der Waals surface area contributed by atoms with Crippen LogP contribution < -0.4 is 10.1 Å². The van der Waals surface area contributed by atoms with E-state index in [0.717, 1.165) is 30.2 Å². The number of rotatable bonds is 5. The van der Waals surface area contributed by atoms with Gasteiger partial charge in [-0.15, -0.1) is 0 Å². The molecule has 0 amide bonds. The van der Waals surface area contributed by atoms with E-state index in [1.54, 1.807) is 7.11 Å². The molecule has 1 heterocycles. The van der Waals surface area contributed by atoms with Crippen LogP contribution in [0.1, 0.15) is 50.6 Å². The van der Waals surface area contributed by atoms with Gasteiger partial charge in [-0.1, -0.05) is 13.3 Å². The first-order valence-corrected chi connectivity index (χ1v) is 7.98. The first kappa shape index (κ1) is 13.9. The highest BCUT2D eigenvalue weighted by Crippen LogP contribution is 2.43. The smallest absolute Gasteiger partial charge is 0.160 e. The zero-order valence-electron chi connectivity index (χ0n) is 12.9. The molecule has 0 aromatic carbocycles. The van der Waals surface area contributed by atoms with Crippen LogP contribution in [0.15, 0.2) is 6.20 Å². The molecule has 2 aliphatic rings. The number of nitrogens with one attached hydrogen (secondary N) is 1. The zero-order valence-corrected chi connectivity index (χ0v) is 12.9. The molecule has 20 heavy (non-hydrogen) atoms. The number of aromatic nitrogens is 2. The Morgan fingerprint density at radius 1 is 1.35 bits per heavy atom. The second-order valence-corrected chi connectivity index (χ2v) is 6.69. The molecule has 4 heteroatoms. The highest BCUT2D eigenvalue weighted by molar-refractivity contribution is 5.29. The monoisotopic (exact) mass is 277 g/mol. The van der Waals surface area contributed by atoms with E-state index in [4.69, 9.17) is 4.74 Å². The van der Waals surface area contributed by atoms with Crippen LogP contribution >= 0.6 is 0 Å². The van der Waals surface area contributed by atoms with E-state index in [-0.39, 0.29) is 0 Å². The van der Waals surface area contributed by atoms with Gasteiger partial charge in [0, 0.05) is 19.0 Å². The van der Waals surface area contributed by atoms with Crippen molar-refractivity contribution in [2.24, 2.45) is 18.9 Å². The fourth-order valence-corrected chi connectivity index (χ4v) is 3.64. The Morgan fingerprint density at radius 2 is 2.15 bits per heavy atom. The lowest BCUT2D eigenvalue weighted by Crippen LogP contribution is -2.33. The molecule has 2 saturated carbocycles. The van der Waals surface area contributed by atoms with Gasteiger partial charge in [-0.05, 0) is 44.1 Å². The lowest BCUT2D eigenvalue weighted by atomic mass is 9.73. The maximum absolute atomic E-state index is 5.54. The average molecular weight is 277 g/mol. The van der Waals surface area contributed by atoms with Crippen molar-refractivity contribution >= 4 is 0 Å². The normalized spacial score (nSPS) is 30.4. The van der Waals surface area contributed by atoms with Gasteiger partial charge in [0.25, 0.3) is 0 Å². The third-order valence-electron chi connectivity index (χ3n) is 5.02. The number of nitrogens with zero attached hydrogens (tertiary/aromatic N) is 2. The summed E-state index contributed by atoms with van der Waals surface area (Å²) in [5, 5.41) is 8.12. The molecular weight excluding hydrogens is 250 g/mol. The van der Waals surface area contributed by atoms with Gasteiger partial charge in [0.15, 0.2) is 5.75 Å². The highest BCUT2D eigenvalue weighted by Gasteiger charge is 2.34. The van der Waals surface area contributed by atoms with Gasteiger partial charge in [-0.3, -0.25) is 4.68 Å². The summed E-state index contributed by atoms with van der Waals surface area (Å²) in [6, 6.07) is 0.795. The minimum atomic E-state index is 0.576. The van der Waals surface area contributed by atoms with Gasteiger partial charge in [-0.2, -0.15) is 5.10 Å². The van der Waals surface area contributed by atoms with Gasteiger partial charge in [0.1, 0.15) is 0 Å². The van der Waals surface area contributed by atoms with Gasteiger partial charge < -0.3 is 10.1 Å². The highest BCUT2D eigenvalue weighted by atomic mass is 16.5. The van der Waals surface area contributed by atoms with Crippen molar-refractivity contribution in [3.05, 3.63) is 11.9 Å². The third-order valence-corrected chi connectivity index (χ3v) is 5.02. The number of methoxy groups -OCH3 is 1. The molecule has 0 radical (unpaired) electrons. The van der Waals surface area contributed by atoms with Crippen molar-refractivity contribution in [2.45, 2.75) is 51.0 Å². The van der Waals surface area contributed by atoms with Crippen LogP contribution in [0, 0.1) is 11.8 Å². The summed E-state index contributed by atoms with van der Waals surface area (Å²) < 4.78 is 7.56. The Bertz CT molecular complexity index is 453. The minimum Gasteiger partial charge on any atom is -0.493 e. The SMILES string of the molecule is COc1cnn(C)c1C1CC(C)CCC1CNC1CC1. The van der Waals surface area contributed by atoms with Crippen LogP contribution in [0.2, 0.25) is 0 Å². The van der Waals surface area contributed by atoms with Gasteiger partial charge in [-0.25, -0.2) is 0 Å². The predicted molar refractivity (Wildman–Crippen MR) is 80.0 cm³/mol. The van der Waals surface area contributed by atoms with Crippen LogP contribution in [0.3, 0.4) is 0 Å². The second-order valence-electron chi connectivity index (χ2n) is 6.69. The Labute approximate surface area is 121 Å². The minimum absolute atomic E-state index is 0.576. The van der Waals surface area contributed by atoms with E-state index in [0.29, 0.717) is 5.92 Å². The molecule has 3 rings (SSSR count). The van der Waals surface area contributed by atoms with Crippen molar-refractivity contribution in [3.63, 3.8) is 0 Å². The fraction of sp³-hybridized carbons (Fsp3) is 0.812. The summed E-state index contributed by atoms with van der Waals surface area (Å²) in [5.41, 5.74) is 1.29. The molecule has 0 bridgehead atoms. The van der Waals surface area contributed by atoms with Crippen LogP contribution in [-0.4, -0.2) is 29.5 Å². The summed E-state index contributed by atoms with van der Waals surface area (Å²) in [5.74, 6) is 3.06. The Kier molecular flexibility index (Phi) is 4.01. The third kappa shape index (κ3) is 2.85. The second kappa shape index (κ2) is 5.76. The molecule has 3 unspecified atom stereocenters. The van der Waals surface area contributed by atoms with E-state index >= 15 is 0 Å². The van der Waals surface area contributed by atoms with Gasteiger partial charge in [0.2, 0.25) is 0 Å². The first-order valence-electron chi connectivity index (χ1n) is 7.98. The van der Waals surface area contributed by atoms with Crippen molar-refractivity contribution < 1.29 is 4.74 Å². The van der Waals surface area contributed by atoms with E-state index < -0.39 is 0 Å². The maximum Gasteiger partial charge on any atom is 0.160 e. The Balaban J connectivity index is 1.78. The number of aryl methyl sites for hydroxylation is 1. The lowest BCUT2D eigenvalue weighted by molar-refractivity contribution is 0.229. The maximum atomic E-state index is 5.54. The van der Waals surface area contributed by atoms with E-state index in [1.165, 1.54) is 37.8 Å². The van der Waals surface area contributed by atoms with Crippen LogP contribution in [0.5, 0.6) is 5.75 Å². The topological polar surface area (TPSA) is 39.1 Å². The molecular formula is C16H27N3O. The number of hydrogen-bond acceptors (Lipinski definition) is 3. The zero-order chi connectivity index (χ0) is 14.1. The molecule has 1 aromatic rings. The molecule has 4 nitrogen and oxygen atoms in total. The van der Waals surface area contributed by atoms with Gasteiger partial charge in [0.05, 0.1) is 19.0 Å². The first-order chi connectivity index (χ1) is 9.69. The summed E-state index contributed by atoms with van der Waals surface area (Å²) >= 11 is 0. The summed E-state index contributed by atoms with van der Waals surface area (Å²) in [4.78, 5) is 0. The van der Waals surface area contributed by atoms with E-state index in [9.17, 15) is 0 Å². The number of ether oxygens (including phenoxy) is 1. The molecule has 0 aliphatic heterocycles. The predicted octanol–water partition coefficient (Wildman–Crippen LogP) is 2.70. The summed E-state index contributed by atoms with van der Waals surface area (Å²) in [6.07, 6.45) is 8.52. The Morgan fingerprint density at radius 3 is 2.85 bits per heavy atom. The standard InChI is InChI=1S/C16H27N3O/c1-11-4-5-12(9-17-13-6-7-13)14(8-11)16-15(20-3)10-18-19(16)2/h10-14,17H,4-9H2,1-3H3. The molecule has 2 aliphatic carbocycles. The molecule has 3 atom stereocenters. The Hall–Kier alpha value is -1.03. The van der Waals surface area contributed by atoms with Crippen molar-refractivity contribution in [3.8, 4) is 5.75 Å². The summed E-state index contributed by atoms with van der Waals surface area (Å²) in [6.45, 7) is 3.52. The summed E-state index contributed by atoms with van der Waals surface area (Å²) in [7, 11) is 3.80. The van der Waals surface area contributed by atoms with Crippen molar-refractivity contribution in [1.29, 1.82) is 0 Å². The van der Waals surface area contributed by atoms with E-state index in [2.05, 4.69) is 17.3 Å². The molecule has 2 fully saturated rings. The fourth-order valence-electron chi connectivity index (χ4n) is 3.64. The largest absolute Gasteiger partial charge is 0.493 e. The average Bonchev–Trinajstić information content (AvgIpc) is 3.19.